The maximum Gasteiger partial charge on any atom is 0.437 e. The number of aliphatic hydroxyl groups excluding tert-OH is 1. The summed E-state index contributed by atoms with van der Waals surface area (Å²) in [6.07, 6.45) is -2.67. The van der Waals surface area contributed by atoms with Crippen LogP contribution >= 0.6 is 0 Å². The molecule has 1 aromatic heterocycles. The normalized spacial score (nSPS) is 14.7. The van der Waals surface area contributed by atoms with Gasteiger partial charge in [-0.05, 0) is 25.0 Å². The average molecular weight is 417 g/mol. The molecule has 2 N–H and O–H groups in total. The molecule has 29 heavy (non-hydrogen) atoms. The second-order valence-corrected chi connectivity index (χ2v) is 6.46. The Bertz CT molecular complexity index is 808. The van der Waals surface area contributed by atoms with Crippen LogP contribution in [0.3, 0.4) is 0 Å². The summed E-state index contributed by atoms with van der Waals surface area (Å²) in [6.45, 7) is 4.68. The Hall–Kier alpha value is -2.33. The minimum absolute atomic E-state index is 0.0512. The van der Waals surface area contributed by atoms with E-state index in [0.29, 0.717) is 50.4 Å². The van der Waals surface area contributed by atoms with E-state index < -0.39 is 11.9 Å². The van der Waals surface area contributed by atoms with Crippen molar-refractivity contribution in [1.82, 2.24) is 15.4 Å². The van der Waals surface area contributed by atoms with E-state index in [1.54, 1.807) is 4.90 Å². The van der Waals surface area contributed by atoms with Gasteiger partial charge in [-0.25, -0.2) is 0 Å². The largest absolute Gasteiger partial charge is 0.493 e. The summed E-state index contributed by atoms with van der Waals surface area (Å²) in [5.74, 6) is 0.566. The summed E-state index contributed by atoms with van der Waals surface area (Å²) in [6, 6.07) is 2.87. The van der Waals surface area contributed by atoms with Crippen LogP contribution < -0.4 is 10.1 Å². The van der Waals surface area contributed by atoms with Crippen LogP contribution in [0.4, 0.5) is 13.2 Å². The van der Waals surface area contributed by atoms with Crippen molar-refractivity contribution < 1.29 is 32.3 Å². The lowest BCUT2D eigenvalue weighted by Crippen LogP contribution is -2.48. The number of ether oxygens (including phenoxy) is 1. The van der Waals surface area contributed by atoms with E-state index in [0.717, 1.165) is 20.1 Å². The van der Waals surface area contributed by atoms with Crippen molar-refractivity contribution in [2.24, 2.45) is 0 Å². The maximum absolute atomic E-state index is 13.0. The molecular weight excluding hydrogens is 391 g/mol. The first-order valence-corrected chi connectivity index (χ1v) is 9.46. The minimum Gasteiger partial charge on any atom is -0.493 e. The van der Waals surface area contributed by atoms with Gasteiger partial charge in [-0.1, -0.05) is 18.5 Å². The summed E-state index contributed by atoms with van der Waals surface area (Å²) in [7, 11) is 1.00. The smallest absolute Gasteiger partial charge is 0.437 e. The SMILES string of the molecule is CCCc1c(OCCCN2CCNCC2=O)ccc2c(C(F)(F)F)noc12.CO. The fourth-order valence-corrected chi connectivity index (χ4v) is 3.19. The summed E-state index contributed by atoms with van der Waals surface area (Å²) in [5.41, 5.74) is -0.297. The Morgan fingerprint density at radius 3 is 2.76 bits per heavy atom. The Morgan fingerprint density at radius 2 is 2.10 bits per heavy atom. The first-order valence-electron chi connectivity index (χ1n) is 9.46. The van der Waals surface area contributed by atoms with Gasteiger partial charge in [-0.3, -0.25) is 4.79 Å². The van der Waals surface area contributed by atoms with Crippen molar-refractivity contribution in [2.75, 3.05) is 39.9 Å². The number of alkyl halides is 3. The molecule has 0 spiro atoms. The molecule has 1 saturated heterocycles. The quantitative estimate of drug-likeness (QED) is 0.674. The summed E-state index contributed by atoms with van der Waals surface area (Å²) in [4.78, 5) is 13.5. The Balaban J connectivity index is 0.00000145. The number of hydrogen-bond acceptors (Lipinski definition) is 6. The van der Waals surface area contributed by atoms with E-state index in [1.165, 1.54) is 12.1 Å². The molecule has 1 amide bonds. The fraction of sp³-hybridized carbons (Fsp3) is 0.579. The first-order chi connectivity index (χ1) is 13.9. The second-order valence-electron chi connectivity index (χ2n) is 6.46. The number of aromatic nitrogens is 1. The van der Waals surface area contributed by atoms with Gasteiger partial charge in [-0.2, -0.15) is 13.2 Å². The molecule has 0 aliphatic carbocycles. The number of hydrogen-bond donors (Lipinski definition) is 2. The van der Waals surface area contributed by atoms with Gasteiger partial charge in [0.2, 0.25) is 5.91 Å². The van der Waals surface area contributed by atoms with E-state index in [9.17, 15) is 18.0 Å². The third-order valence-corrected chi connectivity index (χ3v) is 4.49. The number of aryl methyl sites for hydroxylation is 1. The molecule has 0 bridgehead atoms. The van der Waals surface area contributed by atoms with Crippen LogP contribution in [0.15, 0.2) is 16.7 Å². The Morgan fingerprint density at radius 1 is 1.34 bits per heavy atom. The number of rotatable bonds is 7. The van der Waals surface area contributed by atoms with E-state index in [1.807, 2.05) is 6.92 Å². The van der Waals surface area contributed by atoms with E-state index in [2.05, 4.69) is 10.5 Å². The molecule has 0 unspecified atom stereocenters. The van der Waals surface area contributed by atoms with E-state index in [4.69, 9.17) is 14.4 Å². The number of halogens is 3. The van der Waals surface area contributed by atoms with Gasteiger partial charge in [-0.15, -0.1) is 0 Å². The Labute approximate surface area is 166 Å². The highest BCUT2D eigenvalue weighted by Gasteiger charge is 2.37. The van der Waals surface area contributed by atoms with Crippen molar-refractivity contribution in [1.29, 1.82) is 0 Å². The van der Waals surface area contributed by atoms with Crippen molar-refractivity contribution in [3.8, 4) is 5.75 Å². The van der Waals surface area contributed by atoms with Gasteiger partial charge in [0.1, 0.15) is 5.75 Å². The van der Waals surface area contributed by atoms with Crippen LogP contribution in [-0.2, 0) is 17.4 Å². The molecule has 0 atom stereocenters. The lowest BCUT2D eigenvalue weighted by atomic mass is 10.0. The van der Waals surface area contributed by atoms with Crippen molar-refractivity contribution in [2.45, 2.75) is 32.4 Å². The number of carbonyl (C=O) groups is 1. The van der Waals surface area contributed by atoms with Crippen molar-refractivity contribution in [3.05, 3.63) is 23.4 Å². The zero-order valence-corrected chi connectivity index (χ0v) is 16.5. The number of benzene rings is 1. The molecule has 1 aliphatic rings. The molecule has 0 saturated carbocycles. The van der Waals surface area contributed by atoms with Crippen LogP contribution in [0, 0.1) is 0 Å². The molecule has 7 nitrogen and oxygen atoms in total. The first kappa shape index (κ1) is 23.0. The van der Waals surface area contributed by atoms with Crippen molar-refractivity contribution >= 4 is 16.9 Å². The summed E-state index contributed by atoms with van der Waals surface area (Å²) >= 11 is 0. The van der Waals surface area contributed by atoms with Gasteiger partial charge in [0, 0.05) is 32.3 Å². The third-order valence-electron chi connectivity index (χ3n) is 4.49. The number of fused-ring (bicyclic) bond motifs is 1. The van der Waals surface area contributed by atoms with Crippen LogP contribution in [0.1, 0.15) is 31.0 Å². The minimum atomic E-state index is -4.56. The maximum atomic E-state index is 13.0. The molecule has 1 aliphatic heterocycles. The van der Waals surface area contributed by atoms with E-state index >= 15 is 0 Å². The van der Waals surface area contributed by atoms with Crippen LogP contribution in [0.25, 0.3) is 11.0 Å². The van der Waals surface area contributed by atoms with Gasteiger partial charge in [0.25, 0.3) is 0 Å². The third kappa shape index (κ3) is 5.60. The highest BCUT2D eigenvalue weighted by atomic mass is 19.4. The highest BCUT2D eigenvalue weighted by Crippen LogP contribution is 2.38. The standard InChI is InChI=1S/C18H22F3N3O3.CH4O/c1-2-4-12-14(26-10-3-8-24-9-7-22-11-15(24)25)6-5-13-16(12)27-23-17(13)18(19,20)21;1-2/h5-6,22H,2-4,7-11H2,1H3;2H,1H3. The highest BCUT2D eigenvalue weighted by molar-refractivity contribution is 5.85. The molecule has 10 heteroatoms. The topological polar surface area (TPSA) is 87.8 Å². The number of nitrogens with zero attached hydrogens (tertiary/aromatic N) is 2. The second kappa shape index (κ2) is 10.4. The van der Waals surface area contributed by atoms with Gasteiger partial charge < -0.3 is 24.6 Å². The fourth-order valence-electron chi connectivity index (χ4n) is 3.19. The van der Waals surface area contributed by atoms with Crippen LogP contribution in [-0.4, -0.2) is 61.0 Å². The summed E-state index contributed by atoms with van der Waals surface area (Å²) in [5, 5.41) is 13.2. The van der Waals surface area contributed by atoms with Crippen LogP contribution in [0.5, 0.6) is 5.75 Å². The predicted octanol–water partition coefficient (Wildman–Crippen LogP) is 2.61. The number of nitrogens with one attached hydrogen (secondary N) is 1. The van der Waals surface area contributed by atoms with Gasteiger partial charge >= 0.3 is 6.18 Å². The number of carbonyl (C=O) groups excluding carboxylic acids is 1. The lowest BCUT2D eigenvalue weighted by molar-refractivity contribution is -0.141. The number of piperazine rings is 1. The zero-order chi connectivity index (χ0) is 21.4. The molecule has 1 fully saturated rings. The van der Waals surface area contributed by atoms with Gasteiger partial charge in [0.05, 0.1) is 18.5 Å². The molecule has 3 rings (SSSR count). The number of amides is 1. The molecule has 1 aromatic carbocycles. The number of aliphatic hydroxyl groups is 1. The molecule has 2 heterocycles. The summed E-state index contributed by atoms with van der Waals surface area (Å²) < 4.78 is 49.9. The average Bonchev–Trinajstić information content (AvgIpc) is 3.14. The van der Waals surface area contributed by atoms with Crippen molar-refractivity contribution in [3.63, 3.8) is 0 Å². The zero-order valence-electron chi connectivity index (χ0n) is 16.5. The lowest BCUT2D eigenvalue weighted by Gasteiger charge is -2.27. The monoisotopic (exact) mass is 417 g/mol. The Kier molecular flexibility index (Phi) is 8.27. The van der Waals surface area contributed by atoms with E-state index in [-0.39, 0.29) is 16.9 Å². The van der Waals surface area contributed by atoms with Gasteiger partial charge in [0.15, 0.2) is 11.3 Å². The predicted molar refractivity (Wildman–Crippen MR) is 101 cm³/mol. The molecular formula is C19H26F3N3O4. The molecule has 0 radical (unpaired) electrons. The molecule has 162 valence electrons. The van der Waals surface area contributed by atoms with Crippen LogP contribution in [0.2, 0.25) is 0 Å². The molecule has 2 aromatic rings.